The van der Waals surface area contributed by atoms with E-state index in [2.05, 4.69) is 10.2 Å². The number of aromatic nitrogens is 3. The van der Waals surface area contributed by atoms with Crippen LogP contribution in [0, 0.1) is 6.92 Å². The number of aliphatic hydroxyl groups excluding tert-OH is 1. The lowest BCUT2D eigenvalue weighted by molar-refractivity contribution is 0.0987. The molecule has 148 valence electrons. The Balaban J connectivity index is 1.51. The van der Waals surface area contributed by atoms with Crippen LogP contribution in [0.1, 0.15) is 29.5 Å². The van der Waals surface area contributed by atoms with Crippen molar-refractivity contribution in [3.8, 4) is 17.1 Å². The lowest BCUT2D eigenvalue weighted by Crippen LogP contribution is -2.20. The minimum atomic E-state index is -0.669. The van der Waals surface area contributed by atoms with Crippen LogP contribution in [0.2, 0.25) is 0 Å². The number of carbonyl (C=O) groups is 1. The molecule has 1 N–H and O–H groups in total. The van der Waals surface area contributed by atoms with Crippen molar-refractivity contribution in [2.45, 2.75) is 31.5 Å². The first-order valence-electron chi connectivity index (χ1n) is 9.00. The number of Topliss-reactive ketones (excluding diaryl/α,β-unsaturated/α-hetero) is 1. The summed E-state index contributed by atoms with van der Waals surface area (Å²) in [6.07, 6.45) is 1.43. The maximum atomic E-state index is 11.6. The predicted octanol–water partition coefficient (Wildman–Crippen LogP) is 3.51. The average Bonchev–Trinajstić information content (AvgIpc) is 3.29. The summed E-state index contributed by atoms with van der Waals surface area (Å²) in [4.78, 5) is 11.6. The lowest BCUT2D eigenvalue weighted by Gasteiger charge is -2.12. The summed E-state index contributed by atoms with van der Waals surface area (Å²) in [5.41, 5.74) is 1.56. The number of carbonyl (C=O) groups excluding carboxylic acids is 1. The maximum Gasteiger partial charge on any atom is 0.191 e. The van der Waals surface area contributed by atoms with Crippen molar-refractivity contribution in [2.75, 3.05) is 12.4 Å². The Kier molecular flexibility index (Phi) is 6.53. The molecule has 0 aliphatic carbocycles. The van der Waals surface area contributed by atoms with Gasteiger partial charge in [0.15, 0.2) is 16.8 Å². The summed E-state index contributed by atoms with van der Waals surface area (Å²) in [6, 6.07) is 8.81. The molecule has 28 heavy (non-hydrogen) atoms. The minimum absolute atomic E-state index is 0.0941. The molecule has 0 saturated carbocycles. The summed E-state index contributed by atoms with van der Waals surface area (Å²) in [5.74, 6) is 2.64. The Bertz CT molecular complexity index is 933. The van der Waals surface area contributed by atoms with Crippen molar-refractivity contribution in [1.29, 1.82) is 0 Å². The Labute approximate surface area is 167 Å². The number of benzene rings is 1. The van der Waals surface area contributed by atoms with Crippen molar-refractivity contribution in [3.05, 3.63) is 47.9 Å². The molecule has 0 spiro atoms. The van der Waals surface area contributed by atoms with E-state index in [9.17, 15) is 9.90 Å². The average molecular weight is 401 g/mol. The number of ether oxygens (including phenoxy) is 1. The van der Waals surface area contributed by atoms with Crippen LogP contribution < -0.4 is 4.74 Å². The molecule has 7 nitrogen and oxygen atoms in total. The monoisotopic (exact) mass is 401 g/mol. The lowest BCUT2D eigenvalue weighted by atomic mass is 10.1. The highest BCUT2D eigenvalue weighted by molar-refractivity contribution is 7.99. The normalized spacial score (nSPS) is 12.1. The first-order valence-corrected chi connectivity index (χ1v) is 9.99. The van der Waals surface area contributed by atoms with Crippen molar-refractivity contribution in [1.82, 2.24) is 14.8 Å². The highest BCUT2D eigenvalue weighted by atomic mass is 32.2. The van der Waals surface area contributed by atoms with E-state index in [4.69, 9.17) is 9.15 Å². The fourth-order valence-corrected chi connectivity index (χ4v) is 3.46. The summed E-state index contributed by atoms with van der Waals surface area (Å²) in [6.45, 7) is 3.86. The number of rotatable bonds is 9. The highest BCUT2D eigenvalue weighted by Gasteiger charge is 2.16. The summed E-state index contributed by atoms with van der Waals surface area (Å²) in [5, 5.41) is 19.3. The first kappa shape index (κ1) is 20.2. The van der Waals surface area contributed by atoms with Crippen molar-refractivity contribution >= 4 is 17.5 Å². The third-order valence-electron chi connectivity index (χ3n) is 4.28. The Hall–Kier alpha value is -2.58. The molecule has 1 atom stereocenters. The van der Waals surface area contributed by atoms with Crippen molar-refractivity contribution in [2.24, 2.45) is 7.05 Å². The fourth-order valence-electron chi connectivity index (χ4n) is 2.64. The van der Waals surface area contributed by atoms with Crippen LogP contribution in [0.25, 0.3) is 11.4 Å². The van der Waals surface area contributed by atoms with Gasteiger partial charge in [0.1, 0.15) is 18.1 Å². The number of thioether (sulfide) groups is 1. The zero-order chi connectivity index (χ0) is 20.1. The maximum absolute atomic E-state index is 11.6. The van der Waals surface area contributed by atoms with Crippen LogP contribution in [-0.4, -0.2) is 44.1 Å². The molecular weight excluding hydrogens is 378 g/mol. The predicted molar refractivity (Wildman–Crippen MR) is 107 cm³/mol. The molecule has 0 radical (unpaired) electrons. The van der Waals surface area contributed by atoms with Crippen LogP contribution in [0.3, 0.4) is 0 Å². The number of aryl methyl sites for hydroxylation is 1. The van der Waals surface area contributed by atoms with Gasteiger partial charge >= 0.3 is 0 Å². The van der Waals surface area contributed by atoms with Gasteiger partial charge in [0.25, 0.3) is 0 Å². The largest absolute Gasteiger partial charge is 0.491 e. The summed E-state index contributed by atoms with van der Waals surface area (Å²) < 4.78 is 12.8. The molecule has 3 aromatic rings. The zero-order valence-electron chi connectivity index (χ0n) is 16.1. The number of aliphatic hydroxyl groups is 1. The van der Waals surface area contributed by atoms with Gasteiger partial charge in [-0.05, 0) is 37.3 Å². The number of hydrogen-bond acceptors (Lipinski definition) is 7. The standard InChI is InChI=1S/C20H23N3O4S/c1-4-18(25)14-5-7-16(8-6-14)27-11-15(24)12-28-20-22-21-19(23(20)3)17-9-10-26-13(17)2/h5-10,15,24H,4,11-12H2,1-3H3/t15-/m0/s1. The zero-order valence-corrected chi connectivity index (χ0v) is 16.9. The molecule has 2 aromatic heterocycles. The van der Waals surface area contributed by atoms with Crippen LogP contribution in [0.4, 0.5) is 0 Å². The molecule has 0 unspecified atom stereocenters. The van der Waals surface area contributed by atoms with Gasteiger partial charge < -0.3 is 18.8 Å². The van der Waals surface area contributed by atoms with E-state index < -0.39 is 6.10 Å². The first-order chi connectivity index (χ1) is 13.5. The van der Waals surface area contributed by atoms with E-state index in [0.29, 0.717) is 28.6 Å². The number of ketones is 1. The molecule has 0 amide bonds. The SMILES string of the molecule is CCC(=O)c1ccc(OC[C@H](O)CSc2nnc(-c3ccoc3C)n2C)cc1. The van der Waals surface area contributed by atoms with E-state index in [-0.39, 0.29) is 12.4 Å². The fraction of sp³-hybridized carbons (Fsp3) is 0.350. The molecule has 0 aliphatic rings. The van der Waals surface area contributed by atoms with Crippen LogP contribution in [-0.2, 0) is 7.05 Å². The van der Waals surface area contributed by atoms with Gasteiger partial charge in [-0.1, -0.05) is 18.7 Å². The smallest absolute Gasteiger partial charge is 0.191 e. The number of nitrogens with zero attached hydrogens (tertiary/aromatic N) is 3. The topological polar surface area (TPSA) is 90.4 Å². The van der Waals surface area contributed by atoms with Crippen LogP contribution in [0.5, 0.6) is 5.75 Å². The van der Waals surface area contributed by atoms with Gasteiger partial charge in [-0.15, -0.1) is 10.2 Å². The molecular formula is C20H23N3O4S. The van der Waals surface area contributed by atoms with Crippen LogP contribution in [0.15, 0.2) is 46.2 Å². The number of furan rings is 1. The van der Waals surface area contributed by atoms with E-state index in [1.54, 1.807) is 30.5 Å². The minimum Gasteiger partial charge on any atom is -0.491 e. The Morgan fingerprint density at radius 2 is 2.04 bits per heavy atom. The van der Waals surface area contributed by atoms with E-state index in [1.165, 1.54) is 11.8 Å². The second-order valence-corrected chi connectivity index (χ2v) is 7.32. The van der Waals surface area contributed by atoms with E-state index >= 15 is 0 Å². The van der Waals surface area contributed by atoms with E-state index in [0.717, 1.165) is 17.1 Å². The highest BCUT2D eigenvalue weighted by Crippen LogP contribution is 2.26. The third kappa shape index (κ3) is 4.63. The molecule has 0 aliphatic heterocycles. The van der Waals surface area contributed by atoms with Gasteiger partial charge in [0.2, 0.25) is 0 Å². The summed E-state index contributed by atoms with van der Waals surface area (Å²) in [7, 11) is 1.88. The number of hydrogen-bond donors (Lipinski definition) is 1. The Morgan fingerprint density at radius 1 is 1.29 bits per heavy atom. The van der Waals surface area contributed by atoms with Crippen molar-refractivity contribution in [3.63, 3.8) is 0 Å². The van der Waals surface area contributed by atoms with Crippen LogP contribution >= 0.6 is 11.8 Å². The van der Waals surface area contributed by atoms with Gasteiger partial charge in [0, 0.05) is 24.8 Å². The summed E-state index contributed by atoms with van der Waals surface area (Å²) >= 11 is 1.41. The van der Waals surface area contributed by atoms with Gasteiger partial charge in [-0.25, -0.2) is 0 Å². The molecule has 3 rings (SSSR count). The van der Waals surface area contributed by atoms with Crippen molar-refractivity contribution < 1.29 is 19.1 Å². The van der Waals surface area contributed by atoms with Gasteiger partial charge in [-0.3, -0.25) is 4.79 Å². The quantitative estimate of drug-likeness (QED) is 0.433. The van der Waals surface area contributed by atoms with E-state index in [1.807, 2.05) is 31.5 Å². The second-order valence-electron chi connectivity index (χ2n) is 6.33. The second kappa shape index (κ2) is 9.07. The molecule has 0 saturated heterocycles. The molecule has 2 heterocycles. The molecule has 0 bridgehead atoms. The molecule has 8 heteroatoms. The van der Waals surface area contributed by atoms with Gasteiger partial charge in [-0.2, -0.15) is 0 Å². The Morgan fingerprint density at radius 3 is 2.68 bits per heavy atom. The molecule has 1 aromatic carbocycles. The van der Waals surface area contributed by atoms with Gasteiger partial charge in [0.05, 0.1) is 17.9 Å². The third-order valence-corrected chi connectivity index (χ3v) is 5.44. The molecule has 0 fully saturated rings.